The largest absolute Gasteiger partial charge is 0.465 e. The zero-order valence-corrected chi connectivity index (χ0v) is 11.5. The first kappa shape index (κ1) is 14.1. The number of para-hydroxylation sites is 1. The number of carbonyl (C=O) groups is 1. The van der Waals surface area contributed by atoms with Gasteiger partial charge in [-0.2, -0.15) is 0 Å². The predicted octanol–water partition coefficient (Wildman–Crippen LogP) is 3.25. The highest BCUT2D eigenvalue weighted by molar-refractivity contribution is 5.95. The number of ether oxygens (including phenoxy) is 1. The van der Waals surface area contributed by atoms with E-state index in [0.29, 0.717) is 23.4 Å². The molecular weight excluding hydrogens is 257 g/mol. The molecule has 0 heterocycles. The van der Waals surface area contributed by atoms with Gasteiger partial charge in [0.05, 0.1) is 18.4 Å². The normalized spacial score (nSPS) is 10.2. The summed E-state index contributed by atoms with van der Waals surface area (Å²) in [5.41, 5.74) is 1.76. The van der Waals surface area contributed by atoms with Gasteiger partial charge in [0, 0.05) is 19.2 Å². The number of hydrogen-bond donors (Lipinski definition) is 0. The van der Waals surface area contributed by atoms with Gasteiger partial charge in [-0.3, -0.25) is 0 Å². The van der Waals surface area contributed by atoms with Crippen molar-refractivity contribution < 1.29 is 13.9 Å². The molecule has 0 bridgehead atoms. The fourth-order valence-electron chi connectivity index (χ4n) is 2.06. The summed E-state index contributed by atoms with van der Waals surface area (Å²) in [6.07, 6.45) is 0. The third kappa shape index (κ3) is 2.96. The number of anilines is 1. The molecule has 0 amide bonds. The van der Waals surface area contributed by atoms with Gasteiger partial charge in [-0.05, 0) is 18.2 Å². The van der Waals surface area contributed by atoms with Crippen molar-refractivity contribution in [3.8, 4) is 0 Å². The van der Waals surface area contributed by atoms with E-state index in [-0.39, 0.29) is 5.82 Å². The number of benzene rings is 2. The molecule has 2 rings (SSSR count). The minimum Gasteiger partial charge on any atom is -0.465 e. The molecule has 0 aliphatic heterocycles. The molecule has 0 spiro atoms. The fourth-order valence-corrected chi connectivity index (χ4v) is 2.06. The van der Waals surface area contributed by atoms with Gasteiger partial charge in [-0.1, -0.05) is 30.3 Å². The second kappa shape index (κ2) is 6.19. The Morgan fingerprint density at radius 1 is 1.15 bits per heavy atom. The maximum Gasteiger partial charge on any atom is 0.339 e. The summed E-state index contributed by atoms with van der Waals surface area (Å²) >= 11 is 0. The van der Waals surface area contributed by atoms with Crippen molar-refractivity contribution in [2.24, 2.45) is 0 Å². The van der Waals surface area contributed by atoms with Crippen LogP contribution in [0.5, 0.6) is 0 Å². The minimum absolute atomic E-state index is 0.255. The van der Waals surface area contributed by atoms with Gasteiger partial charge in [0.15, 0.2) is 0 Å². The number of halogens is 1. The molecule has 0 aromatic heterocycles. The number of hydrogen-bond acceptors (Lipinski definition) is 3. The van der Waals surface area contributed by atoms with Crippen molar-refractivity contribution in [2.75, 3.05) is 19.1 Å². The maximum absolute atomic E-state index is 13.7. The van der Waals surface area contributed by atoms with Crippen LogP contribution in [-0.2, 0) is 11.3 Å². The van der Waals surface area contributed by atoms with Gasteiger partial charge >= 0.3 is 5.97 Å². The summed E-state index contributed by atoms with van der Waals surface area (Å²) < 4.78 is 18.4. The first-order valence-electron chi connectivity index (χ1n) is 6.25. The van der Waals surface area contributed by atoms with Crippen LogP contribution in [0, 0.1) is 5.82 Å². The second-order valence-electron chi connectivity index (χ2n) is 4.46. The van der Waals surface area contributed by atoms with Gasteiger partial charge in [0.1, 0.15) is 5.82 Å². The van der Waals surface area contributed by atoms with Crippen LogP contribution in [0.2, 0.25) is 0 Å². The van der Waals surface area contributed by atoms with Crippen molar-refractivity contribution >= 4 is 11.7 Å². The van der Waals surface area contributed by atoms with Gasteiger partial charge in [-0.25, -0.2) is 9.18 Å². The van der Waals surface area contributed by atoms with E-state index in [2.05, 4.69) is 0 Å². The molecule has 0 unspecified atom stereocenters. The highest BCUT2D eigenvalue weighted by Gasteiger charge is 2.15. The van der Waals surface area contributed by atoms with Crippen molar-refractivity contribution in [1.29, 1.82) is 0 Å². The number of carbonyl (C=O) groups excluding carboxylic acids is 1. The average Bonchev–Trinajstić information content (AvgIpc) is 2.48. The fraction of sp³-hybridized carbons (Fsp3) is 0.188. The van der Waals surface area contributed by atoms with E-state index >= 15 is 0 Å². The van der Waals surface area contributed by atoms with E-state index in [4.69, 9.17) is 4.74 Å². The lowest BCUT2D eigenvalue weighted by Gasteiger charge is -2.22. The molecule has 3 nitrogen and oxygen atoms in total. The molecular formula is C16H16FNO2. The molecule has 2 aromatic carbocycles. The SMILES string of the molecule is COC(=O)c1ccccc1N(C)Cc1ccccc1F. The van der Waals surface area contributed by atoms with Gasteiger partial charge in [0.25, 0.3) is 0 Å². The molecule has 0 aliphatic carbocycles. The summed E-state index contributed by atoms with van der Waals surface area (Å²) in [6, 6.07) is 13.7. The Hall–Kier alpha value is -2.36. The lowest BCUT2D eigenvalue weighted by Crippen LogP contribution is -2.20. The van der Waals surface area contributed by atoms with Crippen molar-refractivity contribution in [2.45, 2.75) is 6.54 Å². The number of rotatable bonds is 4. The number of methoxy groups -OCH3 is 1. The summed E-state index contributed by atoms with van der Waals surface area (Å²) in [7, 11) is 3.16. The highest BCUT2D eigenvalue weighted by Crippen LogP contribution is 2.22. The predicted molar refractivity (Wildman–Crippen MR) is 76.3 cm³/mol. The molecule has 0 aliphatic rings. The van der Waals surface area contributed by atoms with Crippen molar-refractivity contribution in [1.82, 2.24) is 0 Å². The van der Waals surface area contributed by atoms with E-state index in [0.717, 1.165) is 0 Å². The lowest BCUT2D eigenvalue weighted by molar-refractivity contribution is 0.0601. The standard InChI is InChI=1S/C16H16FNO2/c1-18(11-12-7-3-5-9-14(12)17)15-10-6-4-8-13(15)16(19)20-2/h3-10H,11H2,1-2H3. The Kier molecular flexibility index (Phi) is 4.35. The van der Waals surface area contributed by atoms with Crippen LogP contribution in [0.4, 0.5) is 10.1 Å². The van der Waals surface area contributed by atoms with E-state index in [9.17, 15) is 9.18 Å². The molecule has 104 valence electrons. The number of nitrogens with zero attached hydrogens (tertiary/aromatic N) is 1. The number of esters is 1. The Balaban J connectivity index is 2.28. The molecule has 0 atom stereocenters. The maximum atomic E-state index is 13.7. The third-order valence-electron chi connectivity index (χ3n) is 3.09. The molecule has 20 heavy (non-hydrogen) atoms. The highest BCUT2D eigenvalue weighted by atomic mass is 19.1. The van der Waals surface area contributed by atoms with Crippen LogP contribution in [0.3, 0.4) is 0 Å². The monoisotopic (exact) mass is 273 g/mol. The van der Waals surface area contributed by atoms with E-state index < -0.39 is 5.97 Å². The molecule has 4 heteroatoms. The first-order chi connectivity index (χ1) is 9.63. The molecule has 0 N–H and O–H groups in total. The Morgan fingerprint density at radius 3 is 2.50 bits per heavy atom. The first-order valence-corrected chi connectivity index (χ1v) is 6.25. The summed E-state index contributed by atoms with van der Waals surface area (Å²) in [5, 5.41) is 0. The van der Waals surface area contributed by atoms with E-state index in [1.54, 1.807) is 30.3 Å². The smallest absolute Gasteiger partial charge is 0.339 e. The van der Waals surface area contributed by atoms with Crippen molar-refractivity contribution in [3.63, 3.8) is 0 Å². The zero-order valence-electron chi connectivity index (χ0n) is 11.5. The van der Waals surface area contributed by atoms with Gasteiger partial charge in [-0.15, -0.1) is 0 Å². The topological polar surface area (TPSA) is 29.5 Å². The van der Waals surface area contributed by atoms with Gasteiger partial charge in [0.2, 0.25) is 0 Å². The van der Waals surface area contributed by atoms with E-state index in [1.807, 2.05) is 24.1 Å². The zero-order chi connectivity index (χ0) is 14.5. The molecule has 0 radical (unpaired) electrons. The summed E-state index contributed by atoms with van der Waals surface area (Å²) in [5.74, 6) is -0.657. The molecule has 0 saturated heterocycles. The lowest BCUT2D eigenvalue weighted by atomic mass is 10.1. The molecule has 0 fully saturated rings. The van der Waals surface area contributed by atoms with Crippen molar-refractivity contribution in [3.05, 3.63) is 65.5 Å². The Bertz CT molecular complexity index is 613. The van der Waals surface area contributed by atoms with Crippen LogP contribution < -0.4 is 4.90 Å². The average molecular weight is 273 g/mol. The van der Waals surface area contributed by atoms with Crippen LogP contribution in [0.15, 0.2) is 48.5 Å². The quantitative estimate of drug-likeness (QED) is 0.801. The van der Waals surface area contributed by atoms with Crippen LogP contribution in [0.25, 0.3) is 0 Å². The minimum atomic E-state index is -0.402. The summed E-state index contributed by atoms with van der Waals surface area (Å²) in [4.78, 5) is 13.6. The van der Waals surface area contributed by atoms with Gasteiger partial charge < -0.3 is 9.64 Å². The second-order valence-corrected chi connectivity index (χ2v) is 4.46. The third-order valence-corrected chi connectivity index (χ3v) is 3.09. The molecule has 0 saturated carbocycles. The van der Waals surface area contributed by atoms with Crippen LogP contribution in [-0.4, -0.2) is 20.1 Å². The Labute approximate surface area is 117 Å². The molecule has 2 aromatic rings. The van der Waals surface area contributed by atoms with E-state index in [1.165, 1.54) is 13.2 Å². The van der Waals surface area contributed by atoms with Crippen LogP contribution in [0.1, 0.15) is 15.9 Å². The Morgan fingerprint density at radius 2 is 1.80 bits per heavy atom. The van der Waals surface area contributed by atoms with Crippen LogP contribution >= 0.6 is 0 Å². The summed E-state index contributed by atoms with van der Waals surface area (Å²) in [6.45, 7) is 0.376.